The Kier molecular flexibility index (Phi) is 7.20. The topological polar surface area (TPSA) is 96.6 Å². The lowest BCUT2D eigenvalue weighted by molar-refractivity contribution is -0.113. The van der Waals surface area contributed by atoms with Gasteiger partial charge in [-0.3, -0.25) is 14.2 Å². The first kappa shape index (κ1) is 24.5. The average Bonchev–Trinajstić information content (AvgIpc) is 3.15. The van der Waals surface area contributed by atoms with Gasteiger partial charge < -0.3 is 24.1 Å². The largest absolute Gasteiger partial charge is 0.497 e. The molecule has 1 amide bonds. The number of ether oxygens (including phenoxy) is 3. The minimum absolute atomic E-state index is 0.0743. The van der Waals surface area contributed by atoms with Crippen LogP contribution >= 0.6 is 11.8 Å². The molecule has 0 saturated heterocycles. The van der Waals surface area contributed by atoms with Crippen LogP contribution in [-0.4, -0.2) is 47.1 Å². The lowest BCUT2D eigenvalue weighted by Gasteiger charge is -2.13. The standard InChI is InChI=1S/C25H28N4O5S/c1-6-11-29-24(31)23-22(17-12-15(32-3)8-10-19(17)28(23)2)27-25(29)35-14-21(30)26-18-9-7-16(33-4)13-20(18)34-5/h7-10,12-13H,6,11,14H2,1-5H3,(H,26,30). The van der Waals surface area contributed by atoms with Crippen LogP contribution in [-0.2, 0) is 18.4 Å². The molecule has 1 N–H and O–H groups in total. The molecule has 0 radical (unpaired) electrons. The van der Waals surface area contributed by atoms with Gasteiger partial charge in [0.25, 0.3) is 5.56 Å². The van der Waals surface area contributed by atoms with E-state index in [-0.39, 0.29) is 17.2 Å². The summed E-state index contributed by atoms with van der Waals surface area (Å²) in [7, 11) is 6.56. The minimum atomic E-state index is -0.240. The summed E-state index contributed by atoms with van der Waals surface area (Å²) in [5.41, 5.74) is 2.42. The normalized spacial score (nSPS) is 11.1. The Morgan fingerprint density at radius 2 is 1.77 bits per heavy atom. The van der Waals surface area contributed by atoms with Gasteiger partial charge in [0.05, 0.1) is 38.3 Å². The van der Waals surface area contributed by atoms with Gasteiger partial charge in [-0.2, -0.15) is 0 Å². The molecule has 0 unspecified atom stereocenters. The molecule has 0 saturated carbocycles. The summed E-state index contributed by atoms with van der Waals surface area (Å²) in [5.74, 6) is 1.64. The molecule has 0 fully saturated rings. The van der Waals surface area contributed by atoms with Crippen molar-refractivity contribution in [3.63, 3.8) is 0 Å². The predicted molar refractivity (Wildman–Crippen MR) is 138 cm³/mol. The number of methoxy groups -OCH3 is 3. The number of aryl methyl sites for hydroxylation is 1. The number of rotatable bonds is 9. The van der Waals surface area contributed by atoms with E-state index >= 15 is 0 Å². The first-order chi connectivity index (χ1) is 16.9. The smallest absolute Gasteiger partial charge is 0.278 e. The second-order valence-corrected chi connectivity index (χ2v) is 8.84. The molecule has 184 valence electrons. The maximum Gasteiger partial charge on any atom is 0.278 e. The van der Waals surface area contributed by atoms with Gasteiger partial charge in [0, 0.05) is 25.0 Å². The van der Waals surface area contributed by atoms with E-state index in [1.54, 1.807) is 37.0 Å². The third-order valence-corrected chi connectivity index (χ3v) is 6.70. The number of hydrogen-bond donors (Lipinski definition) is 1. The van der Waals surface area contributed by atoms with Crippen molar-refractivity contribution in [1.29, 1.82) is 0 Å². The lowest BCUT2D eigenvalue weighted by Crippen LogP contribution is -2.25. The first-order valence-corrected chi connectivity index (χ1v) is 12.1. The Hall–Kier alpha value is -3.66. The van der Waals surface area contributed by atoms with Gasteiger partial charge in [-0.1, -0.05) is 18.7 Å². The van der Waals surface area contributed by atoms with E-state index in [0.717, 1.165) is 17.3 Å². The van der Waals surface area contributed by atoms with Gasteiger partial charge in [-0.05, 0) is 36.8 Å². The van der Waals surface area contributed by atoms with E-state index in [2.05, 4.69) is 5.32 Å². The Bertz CT molecular complexity index is 1460. The summed E-state index contributed by atoms with van der Waals surface area (Å²) in [6.45, 7) is 2.50. The van der Waals surface area contributed by atoms with E-state index in [4.69, 9.17) is 19.2 Å². The molecule has 4 rings (SSSR count). The molecule has 0 aliphatic heterocycles. The van der Waals surface area contributed by atoms with Crippen molar-refractivity contribution in [3.05, 3.63) is 46.8 Å². The Balaban J connectivity index is 1.68. The van der Waals surface area contributed by atoms with E-state index in [9.17, 15) is 9.59 Å². The maximum atomic E-state index is 13.5. The highest BCUT2D eigenvalue weighted by Gasteiger charge is 2.19. The van der Waals surface area contributed by atoms with Gasteiger partial charge in [0.2, 0.25) is 5.91 Å². The molecular weight excluding hydrogens is 468 g/mol. The monoisotopic (exact) mass is 496 g/mol. The van der Waals surface area contributed by atoms with Crippen LogP contribution in [0.3, 0.4) is 0 Å². The summed E-state index contributed by atoms with van der Waals surface area (Å²) in [4.78, 5) is 31.1. The van der Waals surface area contributed by atoms with E-state index in [1.165, 1.54) is 18.9 Å². The van der Waals surface area contributed by atoms with E-state index in [1.807, 2.05) is 36.7 Å². The van der Waals surface area contributed by atoms with Crippen LogP contribution in [0.5, 0.6) is 17.2 Å². The zero-order chi connectivity index (χ0) is 25.1. The van der Waals surface area contributed by atoms with Crippen LogP contribution in [0.4, 0.5) is 5.69 Å². The van der Waals surface area contributed by atoms with E-state index in [0.29, 0.717) is 45.7 Å². The van der Waals surface area contributed by atoms with Gasteiger partial charge in [0.15, 0.2) is 5.16 Å². The number of nitrogens with zero attached hydrogens (tertiary/aromatic N) is 3. The van der Waals surface area contributed by atoms with Crippen LogP contribution in [0.15, 0.2) is 46.3 Å². The Labute approximate surface area is 207 Å². The van der Waals surface area contributed by atoms with Crippen molar-refractivity contribution in [1.82, 2.24) is 14.1 Å². The number of fused-ring (bicyclic) bond motifs is 3. The van der Waals surface area contributed by atoms with Crippen molar-refractivity contribution >= 4 is 45.3 Å². The number of amides is 1. The molecule has 9 nitrogen and oxygen atoms in total. The van der Waals surface area contributed by atoms with Crippen LogP contribution in [0.25, 0.3) is 21.9 Å². The number of anilines is 1. The predicted octanol–water partition coefficient (Wildman–Crippen LogP) is 4.05. The first-order valence-electron chi connectivity index (χ1n) is 11.1. The highest BCUT2D eigenvalue weighted by atomic mass is 32.2. The fourth-order valence-electron chi connectivity index (χ4n) is 4.01. The molecule has 0 aliphatic rings. The molecule has 2 aromatic heterocycles. The van der Waals surface area contributed by atoms with Crippen LogP contribution in [0.2, 0.25) is 0 Å². The molecule has 0 spiro atoms. The fourth-order valence-corrected chi connectivity index (χ4v) is 4.83. The second-order valence-electron chi connectivity index (χ2n) is 7.89. The average molecular weight is 497 g/mol. The SMILES string of the molecule is CCCn1c(SCC(=O)Nc2ccc(OC)cc2OC)nc2c3cc(OC)ccc3n(C)c2c1=O. The lowest BCUT2D eigenvalue weighted by atomic mass is 10.2. The maximum absolute atomic E-state index is 13.5. The number of hydrogen-bond acceptors (Lipinski definition) is 7. The van der Waals surface area contributed by atoms with Crippen molar-refractivity contribution in [2.24, 2.45) is 7.05 Å². The summed E-state index contributed by atoms with van der Waals surface area (Å²) >= 11 is 1.23. The van der Waals surface area contributed by atoms with Gasteiger partial charge in [-0.15, -0.1) is 0 Å². The van der Waals surface area contributed by atoms with Crippen molar-refractivity contribution in [2.45, 2.75) is 25.0 Å². The van der Waals surface area contributed by atoms with Crippen LogP contribution < -0.4 is 25.1 Å². The Morgan fingerprint density at radius 1 is 1.06 bits per heavy atom. The summed E-state index contributed by atoms with van der Waals surface area (Å²) in [6, 6.07) is 10.8. The molecule has 35 heavy (non-hydrogen) atoms. The van der Waals surface area contributed by atoms with Crippen molar-refractivity contribution in [2.75, 3.05) is 32.4 Å². The van der Waals surface area contributed by atoms with Gasteiger partial charge in [-0.25, -0.2) is 4.98 Å². The molecule has 10 heteroatoms. The van der Waals surface area contributed by atoms with Crippen LogP contribution in [0.1, 0.15) is 13.3 Å². The molecule has 0 atom stereocenters. The molecule has 0 bridgehead atoms. The van der Waals surface area contributed by atoms with Crippen molar-refractivity contribution < 1.29 is 19.0 Å². The number of thioether (sulfide) groups is 1. The minimum Gasteiger partial charge on any atom is -0.497 e. The number of aromatic nitrogens is 3. The Morgan fingerprint density at radius 3 is 2.46 bits per heavy atom. The highest BCUT2D eigenvalue weighted by Crippen LogP contribution is 2.31. The number of benzene rings is 2. The van der Waals surface area contributed by atoms with Gasteiger partial charge >= 0.3 is 0 Å². The molecule has 2 aromatic carbocycles. The highest BCUT2D eigenvalue weighted by molar-refractivity contribution is 7.99. The van der Waals surface area contributed by atoms with Gasteiger partial charge in [0.1, 0.15) is 28.3 Å². The van der Waals surface area contributed by atoms with Crippen LogP contribution in [0, 0.1) is 0 Å². The van der Waals surface area contributed by atoms with Crippen molar-refractivity contribution in [3.8, 4) is 17.2 Å². The second kappa shape index (κ2) is 10.3. The number of nitrogens with one attached hydrogen (secondary N) is 1. The zero-order valence-corrected chi connectivity index (χ0v) is 21.2. The zero-order valence-electron chi connectivity index (χ0n) is 20.4. The fraction of sp³-hybridized carbons (Fsp3) is 0.320. The molecule has 2 heterocycles. The third kappa shape index (κ3) is 4.66. The summed E-state index contributed by atoms with van der Waals surface area (Å²) in [6.07, 6.45) is 0.758. The molecule has 0 aliphatic carbocycles. The molecular formula is C25H28N4O5S. The number of carbonyl (C=O) groups is 1. The summed E-state index contributed by atoms with van der Waals surface area (Å²) in [5, 5.41) is 4.19. The molecule has 4 aromatic rings. The quantitative estimate of drug-likeness (QED) is 0.276. The van der Waals surface area contributed by atoms with E-state index < -0.39 is 0 Å². The summed E-state index contributed by atoms with van der Waals surface area (Å²) < 4.78 is 19.4. The third-order valence-electron chi connectivity index (χ3n) is 5.73. The number of carbonyl (C=O) groups excluding carboxylic acids is 1.